The van der Waals surface area contributed by atoms with Gasteiger partial charge in [-0.2, -0.15) is 0 Å². The molecule has 3 amide bonds. The summed E-state index contributed by atoms with van der Waals surface area (Å²) in [4.78, 5) is 43.5. The molecule has 3 fully saturated rings. The molecule has 34 heavy (non-hydrogen) atoms. The summed E-state index contributed by atoms with van der Waals surface area (Å²) in [5.74, 6) is -0.167. The molecule has 2 aromatic rings. The van der Waals surface area contributed by atoms with Crippen LogP contribution >= 0.6 is 34.8 Å². The molecule has 6 atom stereocenters. The van der Waals surface area contributed by atoms with Gasteiger partial charge in [0.1, 0.15) is 6.67 Å². The molecule has 1 aliphatic heterocycles. The molecule has 0 spiro atoms. The topological polar surface area (TPSA) is 57.7 Å². The van der Waals surface area contributed by atoms with Gasteiger partial charge in [0.15, 0.2) is 0 Å². The maximum absolute atomic E-state index is 13.7. The molecule has 2 saturated carbocycles. The minimum atomic E-state index is -0.400. The van der Waals surface area contributed by atoms with Crippen LogP contribution in [0, 0.1) is 42.4 Å². The highest BCUT2D eigenvalue weighted by molar-refractivity contribution is 6.42. The van der Waals surface area contributed by atoms with Gasteiger partial charge >= 0.3 is 0 Å². The molecular formula is C26H21Cl3N2O3. The number of allylic oxidation sites excluding steroid dienone is 2. The fourth-order valence-corrected chi connectivity index (χ4v) is 6.67. The van der Waals surface area contributed by atoms with Crippen molar-refractivity contribution < 1.29 is 14.4 Å². The number of carbonyl (C=O) groups excluding carboxylic acids is 3. The van der Waals surface area contributed by atoms with Gasteiger partial charge in [-0.3, -0.25) is 24.2 Å². The van der Waals surface area contributed by atoms with Crippen LogP contribution < -0.4 is 4.90 Å². The first-order valence-corrected chi connectivity index (χ1v) is 12.5. The van der Waals surface area contributed by atoms with Crippen molar-refractivity contribution >= 4 is 58.2 Å². The van der Waals surface area contributed by atoms with Gasteiger partial charge < -0.3 is 0 Å². The average Bonchev–Trinajstić information content (AvgIpc) is 3.60. The SMILES string of the molecule is Cc1ccc(Cl)cc1N(CN1C(=O)C2C3C=CC(C4CC34)C2C1=O)C(=O)c1ccc(Cl)c(Cl)c1. The van der Waals surface area contributed by atoms with E-state index < -0.39 is 5.91 Å². The van der Waals surface area contributed by atoms with Gasteiger partial charge in [-0.15, -0.1) is 0 Å². The van der Waals surface area contributed by atoms with Crippen LogP contribution in [0.4, 0.5) is 5.69 Å². The zero-order chi connectivity index (χ0) is 23.9. The van der Waals surface area contributed by atoms with Gasteiger partial charge in [0.05, 0.1) is 27.6 Å². The van der Waals surface area contributed by atoms with Crippen LogP contribution in [0.2, 0.25) is 15.1 Å². The number of hydrogen-bond acceptors (Lipinski definition) is 3. The Balaban J connectivity index is 1.38. The third-order valence-electron chi connectivity index (χ3n) is 7.91. The number of carbonyl (C=O) groups is 3. The summed E-state index contributed by atoms with van der Waals surface area (Å²) in [6.07, 6.45) is 5.36. The van der Waals surface area contributed by atoms with E-state index in [2.05, 4.69) is 12.2 Å². The molecule has 1 heterocycles. The Morgan fingerprint density at radius 1 is 0.941 bits per heavy atom. The van der Waals surface area contributed by atoms with Gasteiger partial charge in [0, 0.05) is 10.6 Å². The highest BCUT2D eigenvalue weighted by Gasteiger charge is 2.67. The molecule has 4 aliphatic carbocycles. The van der Waals surface area contributed by atoms with Crippen molar-refractivity contribution in [2.45, 2.75) is 13.3 Å². The van der Waals surface area contributed by atoms with E-state index in [0.717, 1.165) is 12.0 Å². The minimum absolute atomic E-state index is 0.119. The quantitative estimate of drug-likeness (QED) is 0.393. The van der Waals surface area contributed by atoms with E-state index in [1.807, 2.05) is 6.92 Å². The number of benzene rings is 2. The molecule has 5 aliphatic rings. The number of amides is 3. The summed E-state index contributed by atoms with van der Waals surface area (Å²) in [5.41, 5.74) is 1.62. The molecule has 0 radical (unpaired) electrons. The molecule has 2 aromatic carbocycles. The molecule has 174 valence electrons. The fraction of sp³-hybridized carbons (Fsp3) is 0.346. The van der Waals surface area contributed by atoms with Crippen molar-refractivity contribution in [1.29, 1.82) is 0 Å². The molecule has 0 N–H and O–H groups in total. The second kappa shape index (κ2) is 7.84. The Morgan fingerprint density at radius 3 is 2.21 bits per heavy atom. The first kappa shape index (κ1) is 22.1. The summed E-state index contributed by atoms with van der Waals surface area (Å²) < 4.78 is 0. The summed E-state index contributed by atoms with van der Waals surface area (Å²) in [6.45, 7) is 1.67. The molecule has 5 nitrogen and oxygen atoms in total. The Labute approximate surface area is 212 Å². The Kier molecular flexibility index (Phi) is 5.11. The molecule has 0 aromatic heterocycles. The standard InChI is InChI=1S/C26H21Cl3N2O3/c1-12-2-4-14(27)9-21(12)30(24(32)13-3-7-19(28)20(29)8-13)11-31-25(33)22-15-5-6-16(18-10-17(15)18)23(22)26(31)34/h2-9,15-18,22-23H,10-11H2,1H3. The Morgan fingerprint density at radius 2 is 1.59 bits per heavy atom. The number of hydrogen-bond donors (Lipinski definition) is 0. The molecule has 6 unspecified atom stereocenters. The lowest BCUT2D eigenvalue weighted by molar-refractivity contribution is -0.140. The maximum Gasteiger partial charge on any atom is 0.259 e. The lowest BCUT2D eigenvalue weighted by atomic mass is 9.63. The lowest BCUT2D eigenvalue weighted by Crippen LogP contribution is -2.45. The third-order valence-corrected chi connectivity index (χ3v) is 8.88. The van der Waals surface area contributed by atoms with Crippen LogP contribution in [0.5, 0.6) is 0 Å². The van der Waals surface area contributed by atoms with E-state index in [1.54, 1.807) is 30.3 Å². The molecule has 7 rings (SSSR count). The summed E-state index contributed by atoms with van der Waals surface area (Å²) in [5, 5.41) is 1.03. The Hall–Kier alpha value is -2.34. The highest BCUT2D eigenvalue weighted by atomic mass is 35.5. The number of halogens is 3. The number of anilines is 1. The summed E-state index contributed by atoms with van der Waals surface area (Å²) in [6, 6.07) is 9.83. The monoisotopic (exact) mass is 514 g/mol. The zero-order valence-corrected chi connectivity index (χ0v) is 20.5. The number of imide groups is 1. The van der Waals surface area contributed by atoms with Crippen LogP contribution in [0.3, 0.4) is 0 Å². The second-order valence-electron chi connectivity index (χ2n) is 9.69. The number of likely N-dealkylation sites (tertiary alicyclic amines) is 1. The molecule has 1 saturated heterocycles. The van der Waals surface area contributed by atoms with Gasteiger partial charge in [-0.25, -0.2) is 0 Å². The lowest BCUT2D eigenvalue weighted by Gasteiger charge is -2.37. The minimum Gasteiger partial charge on any atom is -0.289 e. The van der Waals surface area contributed by atoms with Crippen molar-refractivity contribution in [3.63, 3.8) is 0 Å². The van der Waals surface area contributed by atoms with Crippen LogP contribution in [-0.2, 0) is 9.59 Å². The molecule has 8 heteroatoms. The maximum atomic E-state index is 13.7. The molecule has 2 bridgehead atoms. The van der Waals surface area contributed by atoms with Gasteiger partial charge in [0.25, 0.3) is 5.91 Å². The number of nitrogens with zero attached hydrogens (tertiary/aromatic N) is 2. The number of aryl methyl sites for hydroxylation is 1. The van der Waals surface area contributed by atoms with Gasteiger partial charge in [0.2, 0.25) is 11.8 Å². The van der Waals surface area contributed by atoms with E-state index in [9.17, 15) is 14.4 Å². The second-order valence-corrected chi connectivity index (χ2v) is 10.9. The van der Waals surface area contributed by atoms with Crippen LogP contribution in [0.25, 0.3) is 0 Å². The summed E-state index contributed by atoms with van der Waals surface area (Å²) in [7, 11) is 0. The average molecular weight is 516 g/mol. The van der Waals surface area contributed by atoms with Crippen molar-refractivity contribution in [3.05, 3.63) is 74.7 Å². The molecular weight excluding hydrogens is 495 g/mol. The first-order chi connectivity index (χ1) is 16.3. The zero-order valence-electron chi connectivity index (χ0n) is 18.3. The fourth-order valence-electron chi connectivity index (χ4n) is 6.21. The van der Waals surface area contributed by atoms with E-state index in [0.29, 0.717) is 33.1 Å². The van der Waals surface area contributed by atoms with Crippen LogP contribution in [0.15, 0.2) is 48.6 Å². The predicted octanol–water partition coefficient (Wildman–Crippen LogP) is 5.61. The van der Waals surface area contributed by atoms with Crippen LogP contribution in [0.1, 0.15) is 22.3 Å². The van der Waals surface area contributed by atoms with Gasteiger partial charge in [-0.05, 0) is 72.9 Å². The first-order valence-electron chi connectivity index (χ1n) is 11.3. The highest BCUT2D eigenvalue weighted by Crippen LogP contribution is 2.65. The van der Waals surface area contributed by atoms with Crippen molar-refractivity contribution in [1.82, 2.24) is 4.90 Å². The third kappa shape index (κ3) is 3.24. The smallest absolute Gasteiger partial charge is 0.259 e. The van der Waals surface area contributed by atoms with E-state index in [-0.39, 0.29) is 47.2 Å². The van der Waals surface area contributed by atoms with Crippen LogP contribution in [-0.4, -0.2) is 29.3 Å². The van der Waals surface area contributed by atoms with Crippen molar-refractivity contribution in [2.75, 3.05) is 11.6 Å². The normalized spacial score (nSPS) is 30.4. The van der Waals surface area contributed by atoms with E-state index in [1.165, 1.54) is 15.9 Å². The van der Waals surface area contributed by atoms with Crippen molar-refractivity contribution in [3.8, 4) is 0 Å². The van der Waals surface area contributed by atoms with E-state index in [4.69, 9.17) is 34.8 Å². The van der Waals surface area contributed by atoms with Crippen molar-refractivity contribution in [2.24, 2.45) is 35.5 Å². The van der Waals surface area contributed by atoms with E-state index >= 15 is 0 Å². The Bertz CT molecular complexity index is 1260. The van der Waals surface area contributed by atoms with Gasteiger partial charge in [-0.1, -0.05) is 53.0 Å². The number of rotatable bonds is 4. The summed E-state index contributed by atoms with van der Waals surface area (Å²) >= 11 is 18.5. The predicted molar refractivity (Wildman–Crippen MR) is 131 cm³/mol. The largest absolute Gasteiger partial charge is 0.289 e.